The molecule has 1 N–H and O–H groups in total. The van der Waals surface area contributed by atoms with Gasteiger partial charge in [-0.15, -0.1) is 0 Å². The molecule has 156 valence electrons. The maximum absolute atomic E-state index is 13.4. The molecule has 3 fully saturated rings. The highest BCUT2D eigenvalue weighted by atomic mass is 16.5. The van der Waals surface area contributed by atoms with Crippen LogP contribution in [0.4, 0.5) is 0 Å². The minimum atomic E-state index is -1.69. The van der Waals surface area contributed by atoms with Gasteiger partial charge in [-0.05, 0) is 49.7 Å². The molecule has 4 rings (SSSR count). The highest BCUT2D eigenvalue weighted by molar-refractivity contribution is 6.03. The summed E-state index contributed by atoms with van der Waals surface area (Å²) in [6.45, 7) is 3.87. The van der Waals surface area contributed by atoms with Gasteiger partial charge < -0.3 is 9.84 Å². The van der Waals surface area contributed by atoms with Crippen LogP contribution in [0.5, 0.6) is 0 Å². The maximum atomic E-state index is 13.4. The lowest BCUT2D eigenvalue weighted by Crippen LogP contribution is -2.60. The van der Waals surface area contributed by atoms with Gasteiger partial charge >= 0.3 is 5.97 Å². The molecule has 0 spiro atoms. The molecule has 6 heteroatoms. The Labute approximate surface area is 170 Å². The lowest BCUT2D eigenvalue weighted by Gasteiger charge is -2.56. The van der Waals surface area contributed by atoms with Crippen molar-refractivity contribution in [1.82, 2.24) is 0 Å². The van der Waals surface area contributed by atoms with Gasteiger partial charge in [-0.2, -0.15) is 0 Å². The Morgan fingerprint density at radius 1 is 1.24 bits per heavy atom. The van der Waals surface area contributed by atoms with Crippen LogP contribution >= 0.6 is 0 Å². The maximum Gasteiger partial charge on any atom is 0.313 e. The van der Waals surface area contributed by atoms with Crippen LogP contribution in [0.15, 0.2) is 23.8 Å². The molecule has 4 aliphatic rings. The topological polar surface area (TPSA) is 97.7 Å². The third-order valence-electron chi connectivity index (χ3n) is 8.40. The van der Waals surface area contributed by atoms with Gasteiger partial charge in [0.25, 0.3) is 0 Å². The first-order valence-corrected chi connectivity index (χ1v) is 10.4. The monoisotopic (exact) mass is 400 g/mol. The van der Waals surface area contributed by atoms with Crippen molar-refractivity contribution in [2.45, 2.75) is 58.0 Å². The molecule has 0 heterocycles. The molecule has 0 aromatic heterocycles. The van der Waals surface area contributed by atoms with Gasteiger partial charge in [-0.1, -0.05) is 25.5 Å². The van der Waals surface area contributed by atoms with Gasteiger partial charge in [0, 0.05) is 23.2 Å². The summed E-state index contributed by atoms with van der Waals surface area (Å²) in [5.74, 6) is -1.41. The van der Waals surface area contributed by atoms with Crippen LogP contribution in [0.25, 0.3) is 0 Å². The normalized spacial score (nSPS) is 43.2. The van der Waals surface area contributed by atoms with Crippen molar-refractivity contribution in [1.29, 1.82) is 0 Å². The molecular formula is C23H28O6. The van der Waals surface area contributed by atoms with E-state index in [1.165, 1.54) is 7.11 Å². The summed E-state index contributed by atoms with van der Waals surface area (Å²) >= 11 is 0. The van der Waals surface area contributed by atoms with Crippen LogP contribution in [0, 0.1) is 28.6 Å². The minimum absolute atomic E-state index is 0.0150. The van der Waals surface area contributed by atoms with E-state index in [0.29, 0.717) is 6.42 Å². The van der Waals surface area contributed by atoms with E-state index in [-0.39, 0.29) is 42.2 Å². The minimum Gasteiger partial charge on any atom is -0.469 e. The van der Waals surface area contributed by atoms with Crippen LogP contribution in [0.2, 0.25) is 0 Å². The van der Waals surface area contributed by atoms with E-state index in [4.69, 9.17) is 0 Å². The Hall–Kier alpha value is -2.08. The van der Waals surface area contributed by atoms with E-state index in [9.17, 15) is 24.3 Å². The smallest absolute Gasteiger partial charge is 0.313 e. The lowest BCUT2D eigenvalue weighted by atomic mass is 9.46. The molecule has 29 heavy (non-hydrogen) atoms. The van der Waals surface area contributed by atoms with Gasteiger partial charge in [0.1, 0.15) is 17.8 Å². The highest BCUT2D eigenvalue weighted by Gasteiger charge is 2.68. The first kappa shape index (κ1) is 20.2. The average molecular weight is 400 g/mol. The number of rotatable bonds is 3. The second kappa shape index (κ2) is 6.46. The summed E-state index contributed by atoms with van der Waals surface area (Å²) < 4.78 is 4.60. The Morgan fingerprint density at radius 3 is 2.66 bits per heavy atom. The fourth-order valence-electron chi connectivity index (χ4n) is 6.84. The predicted octanol–water partition coefficient (Wildman–Crippen LogP) is 2.34. The summed E-state index contributed by atoms with van der Waals surface area (Å²) in [5.41, 5.74) is -2.05. The molecule has 0 bridgehead atoms. The first-order chi connectivity index (χ1) is 13.6. The molecule has 6 unspecified atom stereocenters. The van der Waals surface area contributed by atoms with E-state index >= 15 is 0 Å². The molecule has 0 aromatic carbocycles. The van der Waals surface area contributed by atoms with E-state index in [1.807, 2.05) is 19.9 Å². The van der Waals surface area contributed by atoms with Gasteiger partial charge in [-0.3, -0.25) is 19.2 Å². The molecule has 0 radical (unpaired) electrons. The number of methoxy groups -OCH3 is 1. The molecule has 6 nitrogen and oxygen atoms in total. The van der Waals surface area contributed by atoms with E-state index in [0.717, 1.165) is 18.4 Å². The number of fused-ring (bicyclic) bond motifs is 5. The zero-order valence-corrected chi connectivity index (χ0v) is 17.2. The average Bonchev–Trinajstić information content (AvgIpc) is 2.93. The fraction of sp³-hybridized carbons (Fsp3) is 0.652. The standard InChI is InChI=1S/C23H28O6/c1-21-8-6-14(24)10-13(21)4-5-15-16-7-9-23(28,18(26)11-19(27)29-3)22(16,2)12-17(25)20(15)21/h6,8,10,15-16,20,28H,4-5,7,9,11-12H2,1-3H3. The van der Waals surface area contributed by atoms with Crippen molar-refractivity contribution in [3.8, 4) is 0 Å². The quantitative estimate of drug-likeness (QED) is 0.577. The highest BCUT2D eigenvalue weighted by Crippen LogP contribution is 2.66. The van der Waals surface area contributed by atoms with Crippen molar-refractivity contribution in [2.75, 3.05) is 7.11 Å². The Morgan fingerprint density at radius 2 is 1.97 bits per heavy atom. The predicted molar refractivity (Wildman–Crippen MR) is 104 cm³/mol. The summed E-state index contributed by atoms with van der Waals surface area (Å²) in [7, 11) is 1.21. The van der Waals surface area contributed by atoms with Gasteiger partial charge in [0.2, 0.25) is 0 Å². The molecule has 4 aliphatic carbocycles. The van der Waals surface area contributed by atoms with Gasteiger partial charge in [0.05, 0.1) is 7.11 Å². The molecule has 0 saturated heterocycles. The molecule has 0 aliphatic heterocycles. The van der Waals surface area contributed by atoms with Crippen LogP contribution in [-0.4, -0.2) is 41.1 Å². The van der Waals surface area contributed by atoms with E-state index in [2.05, 4.69) is 4.74 Å². The third-order valence-corrected chi connectivity index (χ3v) is 8.40. The first-order valence-electron chi connectivity index (χ1n) is 10.4. The van der Waals surface area contributed by atoms with Crippen molar-refractivity contribution in [2.24, 2.45) is 28.6 Å². The SMILES string of the molecule is COC(=O)CC(=O)C1(O)CCC2C3CCC4=CC(=O)C=CC4(C)C3C(=O)CC21C. The number of carbonyl (C=O) groups excluding carboxylic acids is 4. The second-order valence-electron chi connectivity index (χ2n) is 9.61. The zero-order chi connectivity index (χ0) is 21.2. The Balaban J connectivity index is 1.69. The summed E-state index contributed by atoms with van der Waals surface area (Å²) in [6.07, 6.45) is 7.13. The van der Waals surface area contributed by atoms with Crippen LogP contribution in [-0.2, 0) is 23.9 Å². The van der Waals surface area contributed by atoms with Crippen LogP contribution in [0.1, 0.15) is 52.4 Å². The summed E-state index contributed by atoms with van der Waals surface area (Å²) in [6, 6.07) is 0. The van der Waals surface area contributed by atoms with Crippen molar-refractivity contribution < 1.29 is 29.0 Å². The molecule has 0 amide bonds. The van der Waals surface area contributed by atoms with Crippen LogP contribution in [0.3, 0.4) is 0 Å². The van der Waals surface area contributed by atoms with E-state index in [1.54, 1.807) is 12.2 Å². The number of aliphatic hydroxyl groups is 1. The van der Waals surface area contributed by atoms with Crippen LogP contribution < -0.4 is 0 Å². The van der Waals surface area contributed by atoms with Crippen molar-refractivity contribution in [3.05, 3.63) is 23.8 Å². The fourth-order valence-corrected chi connectivity index (χ4v) is 6.84. The number of hydrogen-bond acceptors (Lipinski definition) is 6. The van der Waals surface area contributed by atoms with Crippen molar-refractivity contribution in [3.63, 3.8) is 0 Å². The number of hydrogen-bond donors (Lipinski definition) is 1. The largest absolute Gasteiger partial charge is 0.469 e. The molecule has 3 saturated carbocycles. The number of ketones is 3. The molecule has 0 aromatic rings. The lowest BCUT2D eigenvalue weighted by molar-refractivity contribution is -0.169. The van der Waals surface area contributed by atoms with Crippen molar-refractivity contribution >= 4 is 23.3 Å². The number of esters is 1. The number of carbonyl (C=O) groups is 4. The zero-order valence-electron chi connectivity index (χ0n) is 17.2. The molecular weight excluding hydrogens is 372 g/mol. The molecule has 6 atom stereocenters. The number of ether oxygens (including phenoxy) is 1. The van der Waals surface area contributed by atoms with Gasteiger partial charge in [-0.25, -0.2) is 0 Å². The number of Topliss-reactive ketones (excluding diaryl/α,β-unsaturated/α-hetero) is 2. The summed E-state index contributed by atoms with van der Waals surface area (Å²) in [5, 5.41) is 11.4. The second-order valence-corrected chi connectivity index (χ2v) is 9.61. The third kappa shape index (κ3) is 2.64. The Bertz CT molecular complexity index is 869. The van der Waals surface area contributed by atoms with E-state index < -0.39 is 34.6 Å². The van der Waals surface area contributed by atoms with Gasteiger partial charge in [0.15, 0.2) is 11.6 Å². The Kier molecular flexibility index (Phi) is 4.50. The summed E-state index contributed by atoms with van der Waals surface area (Å²) in [4.78, 5) is 49.8. The number of allylic oxidation sites excluding steroid dienone is 4.